The summed E-state index contributed by atoms with van der Waals surface area (Å²) in [5.74, 6) is 1.02. The first-order valence-corrected chi connectivity index (χ1v) is 10.4. The molecule has 0 saturated heterocycles. The zero-order chi connectivity index (χ0) is 20.4. The summed E-state index contributed by atoms with van der Waals surface area (Å²) in [7, 11) is 0. The van der Waals surface area contributed by atoms with Gasteiger partial charge in [-0.15, -0.1) is 0 Å². The molecule has 0 amide bonds. The molecule has 1 aromatic rings. The number of ether oxygens (including phenoxy) is 1. The lowest BCUT2D eigenvalue weighted by Gasteiger charge is -2.66. The van der Waals surface area contributed by atoms with Crippen molar-refractivity contribution in [2.24, 2.45) is 23.2 Å². The predicted molar refractivity (Wildman–Crippen MR) is 105 cm³/mol. The summed E-state index contributed by atoms with van der Waals surface area (Å²) in [4.78, 5) is 23.4. The van der Waals surface area contributed by atoms with Crippen molar-refractivity contribution in [1.82, 2.24) is 0 Å². The second-order valence-corrected chi connectivity index (χ2v) is 10.0. The van der Waals surface area contributed by atoms with Gasteiger partial charge in [-0.3, -0.25) is 9.59 Å². The van der Waals surface area contributed by atoms with Crippen molar-refractivity contribution in [2.45, 2.75) is 71.3 Å². The number of hydrogen-bond acceptors (Lipinski definition) is 5. The fourth-order valence-corrected chi connectivity index (χ4v) is 6.36. The largest absolute Gasteiger partial charge is 0.507 e. The maximum Gasteiger partial charge on any atom is 0.157 e. The number of aromatic hydroxyl groups is 2. The number of rotatable bonds is 4. The van der Waals surface area contributed by atoms with Gasteiger partial charge in [0.05, 0.1) is 11.1 Å². The molecule has 3 saturated carbocycles. The Morgan fingerprint density at radius 3 is 2.36 bits per heavy atom. The predicted octanol–water partition coefficient (Wildman–Crippen LogP) is 4.83. The molecule has 2 bridgehead atoms. The highest BCUT2D eigenvalue weighted by atomic mass is 16.5. The fourth-order valence-electron chi connectivity index (χ4n) is 6.36. The Balaban J connectivity index is 1.91. The van der Waals surface area contributed by atoms with Crippen LogP contribution in [0.2, 0.25) is 0 Å². The van der Waals surface area contributed by atoms with Crippen LogP contribution in [0.15, 0.2) is 0 Å². The SMILES string of the molecule is CC(C)C[C@H]1C[C@]2(CC[C@@H]3C[C@H]2C3(C)C)Oc2c(C=O)c(O)c(C=O)c(O)c21. The van der Waals surface area contributed by atoms with E-state index >= 15 is 0 Å². The van der Waals surface area contributed by atoms with Crippen LogP contribution in [0, 0.1) is 23.2 Å². The van der Waals surface area contributed by atoms with Crippen LogP contribution in [0.1, 0.15) is 92.0 Å². The molecule has 5 heteroatoms. The summed E-state index contributed by atoms with van der Waals surface area (Å²) in [6, 6.07) is 0. The fraction of sp³-hybridized carbons (Fsp3) is 0.652. The molecule has 2 N–H and O–H groups in total. The number of fused-ring (bicyclic) bond motifs is 2. The minimum absolute atomic E-state index is 0.0121. The number of phenols is 2. The molecule has 4 atom stereocenters. The van der Waals surface area contributed by atoms with E-state index in [1.807, 2.05) is 0 Å². The van der Waals surface area contributed by atoms with Gasteiger partial charge in [-0.25, -0.2) is 0 Å². The van der Waals surface area contributed by atoms with E-state index in [1.54, 1.807) is 0 Å². The molecular weight excluding hydrogens is 356 g/mol. The highest BCUT2D eigenvalue weighted by Gasteiger charge is 2.64. The molecule has 1 heterocycles. The first-order valence-electron chi connectivity index (χ1n) is 10.4. The average Bonchev–Trinajstić information content (AvgIpc) is 2.61. The average molecular weight is 386 g/mol. The molecule has 5 nitrogen and oxygen atoms in total. The third-order valence-electron chi connectivity index (χ3n) is 7.83. The Kier molecular flexibility index (Phi) is 4.29. The van der Waals surface area contributed by atoms with E-state index < -0.39 is 5.75 Å². The molecular formula is C23H30O5. The van der Waals surface area contributed by atoms with Gasteiger partial charge in [0.15, 0.2) is 12.6 Å². The molecule has 1 aromatic carbocycles. The molecule has 3 aliphatic carbocycles. The Morgan fingerprint density at radius 2 is 1.82 bits per heavy atom. The highest BCUT2D eigenvalue weighted by Crippen LogP contribution is 2.67. The molecule has 0 aromatic heterocycles. The molecule has 0 unspecified atom stereocenters. The Hall–Kier alpha value is -2.04. The van der Waals surface area contributed by atoms with E-state index in [4.69, 9.17) is 4.74 Å². The lowest BCUT2D eigenvalue weighted by molar-refractivity contribution is -0.199. The Labute approximate surface area is 166 Å². The van der Waals surface area contributed by atoms with E-state index in [1.165, 1.54) is 0 Å². The molecule has 1 spiro atoms. The van der Waals surface area contributed by atoms with Gasteiger partial charge in [0.2, 0.25) is 0 Å². The minimum Gasteiger partial charge on any atom is -0.507 e. The maximum absolute atomic E-state index is 11.9. The Bertz CT molecular complexity index is 838. The smallest absolute Gasteiger partial charge is 0.157 e. The van der Waals surface area contributed by atoms with Crippen LogP contribution >= 0.6 is 0 Å². The monoisotopic (exact) mass is 386 g/mol. The van der Waals surface area contributed by atoms with Crippen molar-refractivity contribution in [2.75, 3.05) is 0 Å². The lowest BCUT2D eigenvalue weighted by Crippen LogP contribution is -2.65. The second-order valence-electron chi connectivity index (χ2n) is 10.0. The lowest BCUT2D eigenvalue weighted by atomic mass is 9.42. The van der Waals surface area contributed by atoms with E-state index in [0.717, 1.165) is 32.1 Å². The van der Waals surface area contributed by atoms with Crippen LogP contribution in [-0.2, 0) is 0 Å². The summed E-state index contributed by atoms with van der Waals surface area (Å²) in [5, 5.41) is 21.3. The van der Waals surface area contributed by atoms with Crippen molar-refractivity contribution in [3.8, 4) is 17.2 Å². The van der Waals surface area contributed by atoms with Crippen LogP contribution in [0.4, 0.5) is 0 Å². The van der Waals surface area contributed by atoms with Gasteiger partial charge in [-0.05, 0) is 55.3 Å². The zero-order valence-corrected chi connectivity index (χ0v) is 17.1. The van der Waals surface area contributed by atoms with Crippen molar-refractivity contribution in [1.29, 1.82) is 0 Å². The van der Waals surface area contributed by atoms with E-state index in [0.29, 0.717) is 35.9 Å². The number of carbonyl (C=O) groups excluding carboxylic acids is 2. The topological polar surface area (TPSA) is 83.8 Å². The number of benzene rings is 1. The van der Waals surface area contributed by atoms with Gasteiger partial charge >= 0.3 is 0 Å². The van der Waals surface area contributed by atoms with Crippen LogP contribution in [0.25, 0.3) is 0 Å². The summed E-state index contributed by atoms with van der Waals surface area (Å²) in [5.41, 5.74) is 0.0839. The third kappa shape index (κ3) is 2.44. The van der Waals surface area contributed by atoms with Gasteiger partial charge in [0.1, 0.15) is 22.8 Å². The van der Waals surface area contributed by atoms with Crippen LogP contribution in [-0.4, -0.2) is 28.4 Å². The van der Waals surface area contributed by atoms with Crippen LogP contribution < -0.4 is 4.74 Å². The Morgan fingerprint density at radius 1 is 1.14 bits per heavy atom. The number of phenolic OH excluding ortho intramolecular Hbond substituents is 2. The molecule has 4 aliphatic rings. The first-order chi connectivity index (χ1) is 13.2. The van der Waals surface area contributed by atoms with Crippen molar-refractivity contribution >= 4 is 12.6 Å². The zero-order valence-electron chi connectivity index (χ0n) is 17.1. The summed E-state index contributed by atoms with van der Waals surface area (Å²) in [6.45, 7) is 8.86. The second kappa shape index (κ2) is 6.23. The van der Waals surface area contributed by atoms with E-state index in [9.17, 15) is 19.8 Å². The molecule has 152 valence electrons. The third-order valence-corrected chi connectivity index (χ3v) is 7.83. The van der Waals surface area contributed by atoms with E-state index in [2.05, 4.69) is 27.7 Å². The van der Waals surface area contributed by atoms with Crippen molar-refractivity contribution < 1.29 is 24.5 Å². The summed E-state index contributed by atoms with van der Waals surface area (Å²) < 4.78 is 6.57. The standard InChI is InChI=1S/C23H30O5/c1-12(2)7-13-9-23(6-5-14-8-17(23)22(14,3)4)28-21-16(11-25)19(26)15(10-24)20(27)18(13)21/h10-14,17,26-27H,5-9H2,1-4H3/t13-,14+,17-,23-/m0/s1. The van der Waals surface area contributed by atoms with Gasteiger partial charge in [0.25, 0.3) is 0 Å². The quantitative estimate of drug-likeness (QED) is 0.724. The van der Waals surface area contributed by atoms with Gasteiger partial charge in [-0.1, -0.05) is 27.7 Å². The summed E-state index contributed by atoms with van der Waals surface area (Å²) >= 11 is 0. The molecule has 3 fully saturated rings. The molecule has 0 radical (unpaired) electrons. The molecule has 5 rings (SSSR count). The normalized spacial score (nSPS) is 32.4. The first kappa shape index (κ1) is 19.3. The van der Waals surface area contributed by atoms with Crippen LogP contribution in [0.5, 0.6) is 17.2 Å². The number of hydrogen-bond donors (Lipinski definition) is 2. The van der Waals surface area contributed by atoms with Crippen LogP contribution in [0.3, 0.4) is 0 Å². The van der Waals surface area contributed by atoms with Gasteiger partial charge in [-0.2, -0.15) is 0 Å². The summed E-state index contributed by atoms with van der Waals surface area (Å²) in [6.07, 6.45) is 5.69. The van der Waals surface area contributed by atoms with Crippen molar-refractivity contribution in [3.05, 3.63) is 16.7 Å². The van der Waals surface area contributed by atoms with E-state index in [-0.39, 0.29) is 39.6 Å². The highest BCUT2D eigenvalue weighted by molar-refractivity contribution is 5.95. The maximum atomic E-state index is 11.9. The van der Waals surface area contributed by atoms with Crippen molar-refractivity contribution in [3.63, 3.8) is 0 Å². The number of carbonyl (C=O) groups is 2. The van der Waals surface area contributed by atoms with Gasteiger partial charge < -0.3 is 14.9 Å². The molecule has 1 aliphatic heterocycles. The number of aldehydes is 2. The molecule has 28 heavy (non-hydrogen) atoms. The minimum atomic E-state index is -0.483. The van der Waals surface area contributed by atoms with Gasteiger partial charge in [0, 0.05) is 11.5 Å².